The summed E-state index contributed by atoms with van der Waals surface area (Å²) in [5.74, 6) is 0.588. The number of aliphatic carboxylic acids is 1. The van der Waals surface area contributed by atoms with Crippen LogP contribution in [-0.4, -0.2) is 40.9 Å². The molecule has 2 N–H and O–H groups in total. The molecule has 8 atom stereocenters. The lowest BCUT2D eigenvalue weighted by Crippen LogP contribution is -2.65. The predicted octanol–water partition coefficient (Wildman–Crippen LogP) is 9.61. The van der Waals surface area contributed by atoms with E-state index in [1.54, 1.807) is 13.8 Å². The first-order valence-corrected chi connectivity index (χ1v) is 20.7. The zero-order valence-corrected chi connectivity index (χ0v) is 33.5. The molecular weight excluding hydrogens is 638 g/mol. The normalized spacial score (nSPS) is 39.5. The van der Waals surface area contributed by atoms with Gasteiger partial charge in [-0.25, -0.2) is 0 Å². The summed E-state index contributed by atoms with van der Waals surface area (Å²) in [6.45, 7) is 19.9. The number of ketones is 1. The molecule has 0 aliphatic heterocycles. The van der Waals surface area contributed by atoms with E-state index in [0.29, 0.717) is 42.4 Å². The number of carbonyl (C=O) groups is 4. The van der Waals surface area contributed by atoms with Gasteiger partial charge in [0.2, 0.25) is 5.91 Å². The van der Waals surface area contributed by atoms with Crippen LogP contribution < -0.4 is 5.32 Å². The molecule has 6 aliphatic carbocycles. The number of carboxylic acids is 1. The number of amides is 1. The standard InChI is InChI=1S/C44H69NO6/c1-27(2)36-30(46)25-44(22-19-34(47)45-28-13-11-10-12-14-28)24-23-42(8)29(37(36)44)15-16-32-41(7)20-18-33(51-35(48)26-39(3,4)38(49)50)40(5,6)31(41)17-21-43(32,42)9/h27-29,31-33H,10-26H2,1-9H3,(H,45,47)(H,49,50)/t29?,31-,32+,33-,41-,42+,43+,44?/m0/s1. The van der Waals surface area contributed by atoms with Gasteiger partial charge in [0.1, 0.15) is 6.10 Å². The molecule has 286 valence electrons. The van der Waals surface area contributed by atoms with Crippen LogP contribution in [0.25, 0.3) is 0 Å². The summed E-state index contributed by atoms with van der Waals surface area (Å²) in [5.41, 5.74) is 1.25. The lowest BCUT2D eigenvalue weighted by atomic mass is 9.33. The van der Waals surface area contributed by atoms with Gasteiger partial charge in [-0.3, -0.25) is 19.2 Å². The number of carbonyl (C=O) groups excluding carboxylic acids is 3. The van der Waals surface area contributed by atoms with Crippen molar-refractivity contribution in [3.8, 4) is 0 Å². The number of hydrogen-bond acceptors (Lipinski definition) is 5. The van der Waals surface area contributed by atoms with Gasteiger partial charge in [-0.05, 0) is 135 Å². The smallest absolute Gasteiger partial charge is 0.309 e. The highest BCUT2D eigenvalue weighted by Gasteiger charge is 2.70. The molecule has 0 radical (unpaired) electrons. The molecular formula is C44H69NO6. The SMILES string of the molecule is CC(C)C1=C2C3CC[C@@H]4[C@@]5(C)CC[C@H](OC(=O)CC(C)(C)C(=O)O)C(C)(C)[C@@H]5CC[C@@]4(C)[C@]3(C)CCC2(CCC(=O)NC2CCCCC2)CC1=O. The summed E-state index contributed by atoms with van der Waals surface area (Å²) in [5, 5.41) is 13.0. The fourth-order valence-electron chi connectivity index (χ4n) is 13.8. The van der Waals surface area contributed by atoms with Gasteiger partial charge in [-0.15, -0.1) is 0 Å². The Bertz CT molecular complexity index is 1450. The maximum Gasteiger partial charge on any atom is 0.309 e. The Morgan fingerprint density at radius 3 is 2.20 bits per heavy atom. The van der Waals surface area contributed by atoms with Crippen LogP contribution in [0.1, 0.15) is 171 Å². The Kier molecular flexibility index (Phi) is 10.0. The van der Waals surface area contributed by atoms with E-state index < -0.39 is 17.4 Å². The van der Waals surface area contributed by atoms with Crippen molar-refractivity contribution in [1.29, 1.82) is 0 Å². The minimum absolute atomic E-state index is 0.0632. The van der Waals surface area contributed by atoms with Crippen LogP contribution in [-0.2, 0) is 23.9 Å². The van der Waals surface area contributed by atoms with Crippen molar-refractivity contribution in [2.45, 2.75) is 184 Å². The van der Waals surface area contributed by atoms with Crippen molar-refractivity contribution in [3.05, 3.63) is 11.1 Å². The van der Waals surface area contributed by atoms with E-state index in [9.17, 15) is 24.3 Å². The van der Waals surface area contributed by atoms with Crippen LogP contribution in [0.15, 0.2) is 11.1 Å². The molecule has 1 amide bonds. The Labute approximate surface area is 308 Å². The van der Waals surface area contributed by atoms with Crippen molar-refractivity contribution in [3.63, 3.8) is 0 Å². The zero-order chi connectivity index (χ0) is 37.4. The van der Waals surface area contributed by atoms with E-state index in [4.69, 9.17) is 4.74 Å². The second-order valence-electron chi connectivity index (χ2n) is 20.6. The maximum atomic E-state index is 14.0. The van der Waals surface area contributed by atoms with Crippen molar-refractivity contribution in [2.24, 2.45) is 56.2 Å². The molecule has 0 heterocycles. The number of hydrogen-bond donors (Lipinski definition) is 2. The average Bonchev–Trinajstić information content (AvgIpc) is 3.34. The minimum atomic E-state index is -1.15. The third-order valence-electron chi connectivity index (χ3n) is 16.8. The van der Waals surface area contributed by atoms with Crippen molar-refractivity contribution >= 4 is 23.6 Å². The van der Waals surface area contributed by atoms with Gasteiger partial charge in [0.05, 0.1) is 11.8 Å². The summed E-state index contributed by atoms with van der Waals surface area (Å²) in [6.07, 6.45) is 15.7. The third-order valence-corrected chi connectivity index (χ3v) is 16.8. The largest absolute Gasteiger partial charge is 0.481 e. The molecule has 7 nitrogen and oxygen atoms in total. The Morgan fingerprint density at radius 2 is 1.55 bits per heavy atom. The molecule has 2 unspecified atom stereocenters. The molecule has 0 aromatic heterocycles. The van der Waals surface area contributed by atoms with E-state index in [2.05, 4.69) is 53.8 Å². The van der Waals surface area contributed by atoms with Crippen molar-refractivity contribution in [2.75, 3.05) is 0 Å². The van der Waals surface area contributed by atoms with E-state index in [0.717, 1.165) is 76.2 Å². The number of nitrogens with one attached hydrogen (secondary N) is 1. The van der Waals surface area contributed by atoms with Gasteiger partial charge in [-0.2, -0.15) is 0 Å². The predicted molar refractivity (Wildman–Crippen MR) is 200 cm³/mol. The fourth-order valence-corrected chi connectivity index (χ4v) is 13.8. The topological polar surface area (TPSA) is 110 Å². The van der Waals surface area contributed by atoms with Crippen LogP contribution in [0, 0.1) is 56.2 Å². The van der Waals surface area contributed by atoms with Gasteiger partial charge < -0.3 is 15.2 Å². The second kappa shape index (κ2) is 13.3. The zero-order valence-electron chi connectivity index (χ0n) is 33.5. The molecule has 5 fully saturated rings. The van der Waals surface area contributed by atoms with Crippen LogP contribution in [0.5, 0.6) is 0 Å². The lowest BCUT2D eigenvalue weighted by molar-refractivity contribution is -0.233. The quantitative estimate of drug-likeness (QED) is 0.231. The summed E-state index contributed by atoms with van der Waals surface area (Å²) >= 11 is 0. The average molecular weight is 708 g/mol. The second-order valence-corrected chi connectivity index (χ2v) is 20.6. The van der Waals surface area contributed by atoms with Gasteiger partial charge in [0.25, 0.3) is 0 Å². The number of rotatable bonds is 9. The Morgan fingerprint density at radius 1 is 0.863 bits per heavy atom. The molecule has 0 bridgehead atoms. The highest BCUT2D eigenvalue weighted by Crippen LogP contribution is 2.77. The number of allylic oxidation sites excluding steroid dienone is 2. The van der Waals surface area contributed by atoms with Crippen molar-refractivity contribution in [1.82, 2.24) is 5.32 Å². The van der Waals surface area contributed by atoms with Gasteiger partial charge in [0.15, 0.2) is 5.78 Å². The molecule has 6 rings (SSSR count). The molecule has 7 heteroatoms. The lowest BCUT2D eigenvalue weighted by Gasteiger charge is -2.72. The van der Waals surface area contributed by atoms with E-state index in [1.807, 2.05) is 0 Å². The maximum absolute atomic E-state index is 14.0. The highest BCUT2D eigenvalue weighted by molar-refractivity contribution is 6.00. The monoisotopic (exact) mass is 708 g/mol. The van der Waals surface area contributed by atoms with E-state index >= 15 is 0 Å². The first-order valence-electron chi connectivity index (χ1n) is 20.7. The van der Waals surface area contributed by atoms with Gasteiger partial charge >= 0.3 is 11.9 Å². The van der Waals surface area contributed by atoms with E-state index in [-0.39, 0.29) is 51.4 Å². The Balaban J connectivity index is 1.24. The summed E-state index contributed by atoms with van der Waals surface area (Å²) in [7, 11) is 0. The molecule has 6 aliphatic rings. The number of esters is 1. The van der Waals surface area contributed by atoms with E-state index in [1.165, 1.54) is 24.8 Å². The number of Topliss-reactive ketones (excluding diaryl/α,β-unsaturated/α-hetero) is 1. The van der Waals surface area contributed by atoms with Gasteiger partial charge in [-0.1, -0.05) is 73.3 Å². The van der Waals surface area contributed by atoms with Crippen LogP contribution >= 0.6 is 0 Å². The third kappa shape index (κ3) is 6.24. The molecule has 5 saturated carbocycles. The first kappa shape index (κ1) is 38.5. The molecule has 0 saturated heterocycles. The summed E-state index contributed by atoms with van der Waals surface area (Å²) in [4.78, 5) is 52.2. The highest BCUT2D eigenvalue weighted by atomic mass is 16.5. The van der Waals surface area contributed by atoms with Gasteiger partial charge in [0, 0.05) is 24.3 Å². The van der Waals surface area contributed by atoms with Crippen LogP contribution in [0.2, 0.25) is 0 Å². The molecule has 0 aromatic carbocycles. The van der Waals surface area contributed by atoms with Crippen LogP contribution in [0.4, 0.5) is 0 Å². The Hall–Kier alpha value is -2.18. The molecule has 0 aromatic rings. The minimum Gasteiger partial charge on any atom is -0.481 e. The molecule has 0 spiro atoms. The summed E-state index contributed by atoms with van der Waals surface area (Å²) < 4.78 is 6.17. The van der Waals surface area contributed by atoms with Crippen molar-refractivity contribution < 1.29 is 29.0 Å². The summed E-state index contributed by atoms with van der Waals surface area (Å²) in [6, 6.07) is 0.313. The molecule has 51 heavy (non-hydrogen) atoms. The first-order chi connectivity index (χ1) is 23.7. The van der Waals surface area contributed by atoms with Crippen LogP contribution in [0.3, 0.4) is 0 Å². The number of ether oxygens (including phenoxy) is 1. The number of carboxylic acid groups (broad SMARTS) is 1. The number of fused-ring (bicyclic) bond motifs is 7. The fraction of sp³-hybridized carbons (Fsp3) is 0.864.